The second kappa shape index (κ2) is 6.48. The highest BCUT2D eigenvalue weighted by molar-refractivity contribution is 9.10. The van der Waals surface area contributed by atoms with Crippen LogP contribution < -0.4 is 5.73 Å². The molecule has 2 nitrogen and oxygen atoms in total. The van der Waals surface area contributed by atoms with Crippen molar-refractivity contribution in [3.63, 3.8) is 0 Å². The summed E-state index contributed by atoms with van der Waals surface area (Å²) in [6.07, 6.45) is -0.855. The number of hydrogen-bond donors (Lipinski definition) is 2. The highest BCUT2D eigenvalue weighted by Gasteiger charge is 2.25. The first-order valence-corrected chi connectivity index (χ1v) is 7.22. The molecule has 3 N–H and O–H groups in total. The summed E-state index contributed by atoms with van der Waals surface area (Å²) in [5.74, 6) is -0.819. The molecule has 0 spiro atoms. The van der Waals surface area contributed by atoms with Gasteiger partial charge in [0.15, 0.2) is 0 Å². The lowest BCUT2D eigenvalue weighted by Crippen LogP contribution is -2.21. The highest BCUT2D eigenvalue weighted by Crippen LogP contribution is 2.35. The van der Waals surface area contributed by atoms with E-state index in [1.165, 1.54) is 6.07 Å². The van der Waals surface area contributed by atoms with Crippen molar-refractivity contribution < 1.29 is 9.50 Å². The molecule has 0 aliphatic heterocycles. The molecular weight excluding hydrogens is 321 g/mol. The Kier molecular flexibility index (Phi) is 4.91. The van der Waals surface area contributed by atoms with Crippen molar-refractivity contribution in [1.29, 1.82) is 0 Å². The minimum absolute atomic E-state index is 0.169. The largest absolute Gasteiger partial charge is 0.388 e. The van der Waals surface area contributed by atoms with E-state index < -0.39 is 12.0 Å². The predicted octanol–water partition coefficient (Wildman–Crippen LogP) is 3.67. The van der Waals surface area contributed by atoms with E-state index in [0.29, 0.717) is 5.56 Å². The number of nitrogens with two attached hydrogens (primary N) is 1. The van der Waals surface area contributed by atoms with Gasteiger partial charge in [-0.2, -0.15) is 0 Å². The van der Waals surface area contributed by atoms with Crippen LogP contribution in [0.2, 0.25) is 0 Å². The van der Waals surface area contributed by atoms with Crippen molar-refractivity contribution in [2.75, 3.05) is 6.54 Å². The van der Waals surface area contributed by atoms with Gasteiger partial charge < -0.3 is 10.8 Å². The molecule has 2 aromatic carbocycles. The molecule has 0 saturated heterocycles. The van der Waals surface area contributed by atoms with E-state index in [9.17, 15) is 9.50 Å². The van der Waals surface area contributed by atoms with E-state index in [1.807, 2.05) is 25.1 Å². The Morgan fingerprint density at radius 3 is 2.55 bits per heavy atom. The maximum atomic E-state index is 13.9. The summed E-state index contributed by atoms with van der Waals surface area (Å²) < 4.78 is 14.7. The Labute approximate surface area is 126 Å². The summed E-state index contributed by atoms with van der Waals surface area (Å²) >= 11 is 3.43. The first-order chi connectivity index (χ1) is 9.54. The number of benzene rings is 2. The number of hydrogen-bond acceptors (Lipinski definition) is 2. The Morgan fingerprint density at radius 2 is 1.90 bits per heavy atom. The molecule has 0 bridgehead atoms. The van der Waals surface area contributed by atoms with Crippen LogP contribution in [0.1, 0.15) is 28.7 Å². The van der Waals surface area contributed by atoms with Crippen molar-refractivity contribution >= 4 is 15.9 Å². The van der Waals surface area contributed by atoms with Gasteiger partial charge in [0.1, 0.15) is 5.82 Å². The SMILES string of the molecule is Cc1ccc(Br)c(C(O)C(CN)c2ccccc2F)c1. The average molecular weight is 338 g/mol. The molecule has 4 heteroatoms. The molecule has 0 aliphatic carbocycles. The van der Waals surface area contributed by atoms with Crippen LogP contribution in [0.5, 0.6) is 0 Å². The summed E-state index contributed by atoms with van der Waals surface area (Å²) in [6.45, 7) is 2.12. The van der Waals surface area contributed by atoms with E-state index in [-0.39, 0.29) is 12.4 Å². The summed E-state index contributed by atoms with van der Waals surface area (Å²) in [5.41, 5.74) is 7.96. The molecule has 0 saturated carbocycles. The highest BCUT2D eigenvalue weighted by atomic mass is 79.9. The lowest BCUT2D eigenvalue weighted by Gasteiger charge is -2.24. The maximum absolute atomic E-state index is 13.9. The molecule has 2 aromatic rings. The molecule has 2 unspecified atom stereocenters. The molecular formula is C16H17BrFNO. The molecule has 0 radical (unpaired) electrons. The zero-order chi connectivity index (χ0) is 14.7. The van der Waals surface area contributed by atoms with Gasteiger partial charge in [0.2, 0.25) is 0 Å². The van der Waals surface area contributed by atoms with Crippen LogP contribution in [0.3, 0.4) is 0 Å². The van der Waals surface area contributed by atoms with Gasteiger partial charge in [-0.1, -0.05) is 51.8 Å². The van der Waals surface area contributed by atoms with Gasteiger partial charge in [0.25, 0.3) is 0 Å². The molecule has 0 heterocycles. The second-order valence-corrected chi connectivity index (χ2v) is 5.69. The van der Waals surface area contributed by atoms with E-state index in [1.54, 1.807) is 18.2 Å². The van der Waals surface area contributed by atoms with E-state index in [4.69, 9.17) is 5.73 Å². The van der Waals surface area contributed by atoms with Crippen LogP contribution in [0.4, 0.5) is 4.39 Å². The van der Waals surface area contributed by atoms with Gasteiger partial charge >= 0.3 is 0 Å². The molecule has 0 amide bonds. The van der Waals surface area contributed by atoms with Crippen molar-refractivity contribution in [2.45, 2.75) is 18.9 Å². The fourth-order valence-electron chi connectivity index (χ4n) is 2.31. The molecule has 20 heavy (non-hydrogen) atoms. The third-order valence-corrected chi connectivity index (χ3v) is 4.13. The van der Waals surface area contributed by atoms with Gasteiger partial charge in [-0.15, -0.1) is 0 Å². The lowest BCUT2D eigenvalue weighted by atomic mass is 9.88. The van der Waals surface area contributed by atoms with Gasteiger partial charge in [-0.05, 0) is 30.2 Å². The number of rotatable bonds is 4. The second-order valence-electron chi connectivity index (χ2n) is 4.83. The summed E-state index contributed by atoms with van der Waals surface area (Å²) in [6, 6.07) is 12.1. The first-order valence-electron chi connectivity index (χ1n) is 6.43. The Hall–Kier alpha value is -1.23. The third kappa shape index (κ3) is 3.08. The lowest BCUT2D eigenvalue weighted by molar-refractivity contribution is 0.145. The van der Waals surface area contributed by atoms with Crippen molar-refractivity contribution in [1.82, 2.24) is 0 Å². The van der Waals surface area contributed by atoms with Gasteiger partial charge in [0.05, 0.1) is 6.10 Å². The molecule has 0 aromatic heterocycles. The van der Waals surface area contributed by atoms with Gasteiger partial charge in [0, 0.05) is 16.9 Å². The Bertz CT molecular complexity index is 603. The number of aryl methyl sites for hydroxylation is 1. The van der Waals surface area contributed by atoms with Crippen molar-refractivity contribution in [3.8, 4) is 0 Å². The Balaban J connectivity index is 2.41. The van der Waals surface area contributed by atoms with Crippen LogP contribution >= 0.6 is 15.9 Å². The van der Waals surface area contributed by atoms with Crippen LogP contribution in [0, 0.1) is 12.7 Å². The summed E-state index contributed by atoms with van der Waals surface area (Å²) in [5, 5.41) is 10.6. The minimum atomic E-state index is -0.855. The summed E-state index contributed by atoms with van der Waals surface area (Å²) in [7, 11) is 0. The van der Waals surface area contributed by atoms with Crippen molar-refractivity contribution in [3.05, 3.63) is 69.4 Å². The summed E-state index contributed by atoms with van der Waals surface area (Å²) in [4.78, 5) is 0. The molecule has 0 fully saturated rings. The standard InChI is InChI=1S/C16H17BrFNO/c1-10-6-7-14(17)12(8-10)16(20)13(9-19)11-4-2-3-5-15(11)18/h2-8,13,16,20H,9,19H2,1H3. The number of aliphatic hydroxyl groups is 1. The topological polar surface area (TPSA) is 46.2 Å². The zero-order valence-electron chi connectivity index (χ0n) is 11.2. The molecule has 0 aliphatic rings. The molecule has 2 atom stereocenters. The Morgan fingerprint density at radius 1 is 1.20 bits per heavy atom. The van der Waals surface area contributed by atoms with Crippen LogP contribution in [-0.2, 0) is 0 Å². The van der Waals surface area contributed by atoms with Gasteiger partial charge in [-0.25, -0.2) is 4.39 Å². The zero-order valence-corrected chi connectivity index (χ0v) is 12.8. The third-order valence-electron chi connectivity index (χ3n) is 3.41. The minimum Gasteiger partial charge on any atom is -0.388 e. The first kappa shape index (κ1) is 15.2. The quantitative estimate of drug-likeness (QED) is 0.893. The smallest absolute Gasteiger partial charge is 0.126 e. The number of halogens is 2. The van der Waals surface area contributed by atoms with Crippen molar-refractivity contribution in [2.24, 2.45) is 5.73 Å². The van der Waals surface area contributed by atoms with E-state index in [2.05, 4.69) is 15.9 Å². The molecule has 106 valence electrons. The fraction of sp³-hybridized carbons (Fsp3) is 0.250. The molecule has 2 rings (SSSR count). The number of aliphatic hydroxyl groups excluding tert-OH is 1. The van der Waals surface area contributed by atoms with Crippen LogP contribution in [-0.4, -0.2) is 11.7 Å². The van der Waals surface area contributed by atoms with E-state index >= 15 is 0 Å². The predicted molar refractivity (Wildman–Crippen MR) is 82.0 cm³/mol. The van der Waals surface area contributed by atoms with Crippen LogP contribution in [0.15, 0.2) is 46.9 Å². The van der Waals surface area contributed by atoms with E-state index in [0.717, 1.165) is 15.6 Å². The monoisotopic (exact) mass is 337 g/mol. The fourth-order valence-corrected chi connectivity index (χ4v) is 2.79. The maximum Gasteiger partial charge on any atom is 0.126 e. The van der Waals surface area contributed by atoms with Gasteiger partial charge in [-0.3, -0.25) is 0 Å². The van der Waals surface area contributed by atoms with Crippen LogP contribution in [0.25, 0.3) is 0 Å². The normalized spacial score (nSPS) is 14.1. The average Bonchev–Trinajstić information content (AvgIpc) is 2.44.